The second-order valence-corrected chi connectivity index (χ2v) is 9.97. The van der Waals surface area contributed by atoms with Gasteiger partial charge in [0.05, 0.1) is 6.54 Å². The third-order valence-corrected chi connectivity index (χ3v) is 7.54. The Labute approximate surface area is 206 Å². The highest BCUT2D eigenvalue weighted by Crippen LogP contribution is 2.44. The van der Waals surface area contributed by atoms with Crippen molar-refractivity contribution in [2.75, 3.05) is 13.2 Å². The van der Waals surface area contributed by atoms with Crippen LogP contribution in [-0.4, -0.2) is 52.2 Å². The van der Waals surface area contributed by atoms with Gasteiger partial charge in [-0.25, -0.2) is 14.6 Å². The summed E-state index contributed by atoms with van der Waals surface area (Å²) in [6.45, 7) is 2.51. The van der Waals surface area contributed by atoms with E-state index in [2.05, 4.69) is 34.6 Å². The fourth-order valence-corrected chi connectivity index (χ4v) is 5.79. The number of hydrogen-bond acceptors (Lipinski definition) is 6. The van der Waals surface area contributed by atoms with Gasteiger partial charge < -0.3 is 20.1 Å². The fourth-order valence-electron chi connectivity index (χ4n) is 4.93. The minimum Gasteiger partial charge on any atom is -0.480 e. The Morgan fingerprint density at radius 3 is 2.43 bits per heavy atom. The molecular formula is C26H25N3O5S. The van der Waals surface area contributed by atoms with E-state index in [0.717, 1.165) is 22.3 Å². The molecule has 1 aliphatic carbocycles. The molecule has 1 saturated heterocycles. The lowest BCUT2D eigenvalue weighted by Gasteiger charge is -2.20. The number of carbonyl (C=O) groups is 3. The van der Waals surface area contributed by atoms with Gasteiger partial charge >= 0.3 is 12.1 Å². The number of amides is 2. The van der Waals surface area contributed by atoms with Crippen molar-refractivity contribution in [1.82, 2.24) is 15.2 Å². The Morgan fingerprint density at radius 1 is 1.11 bits per heavy atom. The van der Waals surface area contributed by atoms with Crippen molar-refractivity contribution in [2.24, 2.45) is 0 Å². The number of aromatic nitrogens is 1. The van der Waals surface area contributed by atoms with Crippen LogP contribution in [0.4, 0.5) is 4.79 Å². The predicted molar refractivity (Wildman–Crippen MR) is 130 cm³/mol. The van der Waals surface area contributed by atoms with Gasteiger partial charge in [0.1, 0.15) is 23.4 Å². The number of rotatable bonds is 6. The number of thiazole rings is 1. The van der Waals surface area contributed by atoms with E-state index in [9.17, 15) is 19.5 Å². The zero-order valence-electron chi connectivity index (χ0n) is 19.2. The summed E-state index contributed by atoms with van der Waals surface area (Å²) in [6, 6.07) is 15.5. The van der Waals surface area contributed by atoms with Crippen LogP contribution in [0.2, 0.25) is 0 Å². The number of benzene rings is 2. The molecule has 2 N–H and O–H groups in total. The summed E-state index contributed by atoms with van der Waals surface area (Å²) >= 11 is 1.30. The van der Waals surface area contributed by atoms with Crippen LogP contribution >= 0.6 is 11.3 Å². The van der Waals surface area contributed by atoms with E-state index >= 15 is 0 Å². The third kappa shape index (κ3) is 4.39. The number of carbonyl (C=O) groups excluding carboxylic acids is 2. The molecule has 35 heavy (non-hydrogen) atoms. The lowest BCUT2D eigenvalue weighted by molar-refractivity contribution is -0.141. The van der Waals surface area contributed by atoms with Gasteiger partial charge in [-0.15, -0.1) is 11.3 Å². The molecule has 1 aliphatic heterocycles. The number of alkyl carbamates (subject to hydrolysis) is 1. The Bertz CT molecular complexity index is 1260. The van der Waals surface area contributed by atoms with Crippen molar-refractivity contribution in [1.29, 1.82) is 0 Å². The number of hydrogen-bond donors (Lipinski definition) is 2. The van der Waals surface area contributed by atoms with Crippen LogP contribution < -0.4 is 5.32 Å². The van der Waals surface area contributed by atoms with Gasteiger partial charge in [-0.3, -0.25) is 4.79 Å². The maximum Gasteiger partial charge on any atom is 0.407 e. The summed E-state index contributed by atoms with van der Waals surface area (Å²) in [4.78, 5) is 43.2. The van der Waals surface area contributed by atoms with E-state index in [-0.39, 0.29) is 30.7 Å². The Balaban J connectivity index is 1.20. The SMILES string of the molecule is Cc1sc(CNC(=O)OCC2c3ccccc3-c3ccccc32)nc1C(=O)N1CCC[C@H]1C(=O)O. The zero-order valence-corrected chi connectivity index (χ0v) is 20.0. The molecule has 0 saturated carbocycles. The lowest BCUT2D eigenvalue weighted by atomic mass is 9.98. The molecule has 180 valence electrons. The Hall–Kier alpha value is -3.72. The van der Waals surface area contributed by atoms with Gasteiger partial charge in [-0.1, -0.05) is 48.5 Å². The molecule has 1 aromatic heterocycles. The second-order valence-electron chi connectivity index (χ2n) is 8.69. The van der Waals surface area contributed by atoms with E-state index in [1.54, 1.807) is 6.92 Å². The van der Waals surface area contributed by atoms with Crippen molar-refractivity contribution in [3.05, 3.63) is 75.2 Å². The number of aliphatic carboxylic acids is 1. The zero-order chi connectivity index (χ0) is 24.5. The van der Waals surface area contributed by atoms with Gasteiger partial charge in [0.25, 0.3) is 5.91 Å². The number of ether oxygens (including phenoxy) is 1. The lowest BCUT2D eigenvalue weighted by Crippen LogP contribution is -2.40. The normalized spacial score (nSPS) is 16.6. The van der Waals surface area contributed by atoms with Crippen molar-refractivity contribution in [2.45, 2.75) is 38.3 Å². The smallest absolute Gasteiger partial charge is 0.407 e. The van der Waals surface area contributed by atoms with Gasteiger partial charge in [0.2, 0.25) is 0 Å². The largest absolute Gasteiger partial charge is 0.480 e. The van der Waals surface area contributed by atoms with Crippen LogP contribution in [0.3, 0.4) is 0 Å². The second kappa shape index (κ2) is 9.50. The van der Waals surface area contributed by atoms with Crippen LogP contribution in [0.25, 0.3) is 11.1 Å². The van der Waals surface area contributed by atoms with Crippen molar-refractivity contribution in [3.63, 3.8) is 0 Å². The molecule has 2 aromatic carbocycles. The average molecular weight is 492 g/mol. The fraction of sp³-hybridized carbons (Fsp3) is 0.308. The minimum absolute atomic E-state index is 0.0258. The third-order valence-electron chi connectivity index (χ3n) is 6.57. The highest BCUT2D eigenvalue weighted by Gasteiger charge is 2.36. The number of aryl methyl sites for hydroxylation is 1. The molecular weight excluding hydrogens is 466 g/mol. The van der Waals surface area contributed by atoms with Crippen LogP contribution in [-0.2, 0) is 16.1 Å². The van der Waals surface area contributed by atoms with Crippen molar-refractivity contribution >= 4 is 29.3 Å². The van der Waals surface area contributed by atoms with Gasteiger partial charge in [-0.05, 0) is 42.0 Å². The molecule has 5 rings (SSSR count). The predicted octanol–water partition coefficient (Wildman–Crippen LogP) is 4.18. The first-order valence-corrected chi connectivity index (χ1v) is 12.3. The molecule has 0 bridgehead atoms. The summed E-state index contributed by atoms with van der Waals surface area (Å²) < 4.78 is 5.55. The summed E-state index contributed by atoms with van der Waals surface area (Å²) in [5.41, 5.74) is 4.85. The number of carboxylic acid groups (broad SMARTS) is 1. The molecule has 2 heterocycles. The van der Waals surface area contributed by atoms with Gasteiger partial charge in [0, 0.05) is 17.3 Å². The molecule has 1 fully saturated rings. The number of fused-ring (bicyclic) bond motifs is 3. The number of nitrogens with one attached hydrogen (secondary N) is 1. The average Bonchev–Trinajstić information content (AvgIpc) is 3.57. The van der Waals surface area contributed by atoms with Crippen molar-refractivity contribution in [3.8, 4) is 11.1 Å². The Kier molecular flexibility index (Phi) is 6.25. The Morgan fingerprint density at radius 2 is 1.77 bits per heavy atom. The number of nitrogens with zero attached hydrogens (tertiary/aromatic N) is 2. The first-order valence-electron chi connectivity index (χ1n) is 11.5. The van der Waals surface area contributed by atoms with E-state index in [1.807, 2.05) is 24.3 Å². The maximum atomic E-state index is 12.9. The first-order chi connectivity index (χ1) is 16.9. The molecule has 0 spiro atoms. The molecule has 9 heteroatoms. The number of likely N-dealkylation sites (tertiary alicyclic amines) is 1. The monoisotopic (exact) mass is 491 g/mol. The van der Waals surface area contributed by atoms with Gasteiger partial charge in [-0.2, -0.15) is 0 Å². The first kappa shape index (κ1) is 23.0. The highest BCUT2D eigenvalue weighted by atomic mass is 32.1. The summed E-state index contributed by atoms with van der Waals surface area (Å²) in [5.74, 6) is -1.40. The van der Waals surface area contributed by atoms with E-state index < -0.39 is 18.1 Å². The molecule has 0 radical (unpaired) electrons. The van der Waals surface area contributed by atoms with Crippen molar-refractivity contribution < 1.29 is 24.2 Å². The molecule has 8 nitrogen and oxygen atoms in total. The highest BCUT2D eigenvalue weighted by molar-refractivity contribution is 7.11. The summed E-state index contributed by atoms with van der Waals surface area (Å²) in [7, 11) is 0. The topological polar surface area (TPSA) is 109 Å². The van der Waals surface area contributed by atoms with E-state index in [4.69, 9.17) is 4.74 Å². The molecule has 2 aliphatic rings. The van der Waals surface area contributed by atoms with E-state index in [1.165, 1.54) is 16.2 Å². The van der Waals surface area contributed by atoms with E-state index in [0.29, 0.717) is 29.3 Å². The molecule has 3 aromatic rings. The van der Waals surface area contributed by atoms with Gasteiger partial charge in [0.15, 0.2) is 0 Å². The summed E-state index contributed by atoms with van der Waals surface area (Å²) in [6.07, 6.45) is 0.542. The standard InChI is InChI=1S/C26H25N3O5S/c1-15-23(24(30)29-12-6-11-21(29)25(31)32)28-22(35-15)13-27-26(33)34-14-20-18-9-4-2-7-16(18)17-8-3-5-10-19(17)20/h2-5,7-10,20-21H,6,11-14H2,1H3,(H,27,33)(H,31,32)/t21-/m0/s1. The minimum atomic E-state index is -0.999. The summed E-state index contributed by atoms with van der Waals surface area (Å²) in [5, 5.41) is 12.6. The van der Waals surface area contributed by atoms with Crippen LogP contribution in [0, 0.1) is 6.92 Å². The van der Waals surface area contributed by atoms with Crippen LogP contribution in [0.15, 0.2) is 48.5 Å². The number of carboxylic acids is 1. The maximum absolute atomic E-state index is 12.9. The van der Waals surface area contributed by atoms with Crippen LogP contribution in [0.5, 0.6) is 0 Å². The molecule has 1 atom stereocenters. The quantitative estimate of drug-likeness (QED) is 0.536. The molecule has 0 unspecified atom stereocenters. The molecule has 2 amide bonds. The van der Waals surface area contributed by atoms with Crippen LogP contribution in [0.1, 0.15) is 50.3 Å².